The first-order valence-corrected chi connectivity index (χ1v) is 12.2. The van der Waals surface area contributed by atoms with Gasteiger partial charge in [-0.15, -0.1) is 0 Å². The average molecular weight is 454 g/mol. The summed E-state index contributed by atoms with van der Waals surface area (Å²) in [7, 11) is -7.27. The Hall–Kier alpha value is -2.31. The van der Waals surface area contributed by atoms with Crippen LogP contribution in [0.2, 0.25) is 0 Å². The van der Waals surface area contributed by atoms with Crippen molar-refractivity contribution in [2.45, 2.75) is 16.2 Å². The molecule has 11 heteroatoms. The Balaban J connectivity index is 1.52. The molecule has 1 aliphatic heterocycles. The summed E-state index contributed by atoms with van der Waals surface area (Å²) >= 11 is 0. The first-order chi connectivity index (χ1) is 14.3. The minimum Gasteiger partial charge on any atom is -0.379 e. The monoisotopic (exact) mass is 453 g/mol. The van der Waals surface area contributed by atoms with Crippen molar-refractivity contribution in [1.82, 2.24) is 9.03 Å². The second-order valence-electron chi connectivity index (χ2n) is 6.55. The molecule has 3 rings (SSSR count). The summed E-state index contributed by atoms with van der Waals surface area (Å²) in [5.41, 5.74) is 0.423. The topological polar surface area (TPSA) is 122 Å². The van der Waals surface area contributed by atoms with Gasteiger partial charge in [-0.1, -0.05) is 18.2 Å². The Labute approximate surface area is 176 Å². The van der Waals surface area contributed by atoms with Gasteiger partial charge in [-0.3, -0.25) is 4.79 Å². The zero-order valence-electron chi connectivity index (χ0n) is 16.2. The molecule has 162 valence electrons. The van der Waals surface area contributed by atoms with Gasteiger partial charge in [-0.05, 0) is 36.4 Å². The van der Waals surface area contributed by atoms with Crippen molar-refractivity contribution in [3.8, 4) is 0 Å². The number of ether oxygens (including phenoxy) is 1. The Bertz CT molecular complexity index is 1070. The minimum absolute atomic E-state index is 0.0629. The lowest BCUT2D eigenvalue weighted by Gasteiger charge is -2.26. The molecule has 2 aromatic carbocycles. The number of nitrogens with one attached hydrogen (secondary N) is 2. The second kappa shape index (κ2) is 9.67. The Morgan fingerprint density at radius 1 is 0.900 bits per heavy atom. The molecule has 0 spiro atoms. The van der Waals surface area contributed by atoms with Gasteiger partial charge < -0.3 is 10.1 Å². The SMILES string of the molecule is O=C(CCNS(=O)(=O)c1ccccc1)Nc1ccc(S(=O)(=O)N2CCOCC2)cc1. The van der Waals surface area contributed by atoms with Crippen molar-refractivity contribution in [2.24, 2.45) is 0 Å². The van der Waals surface area contributed by atoms with Crippen molar-refractivity contribution in [3.63, 3.8) is 0 Å². The van der Waals surface area contributed by atoms with Gasteiger partial charge in [0.15, 0.2) is 0 Å². The van der Waals surface area contributed by atoms with E-state index in [0.717, 1.165) is 0 Å². The van der Waals surface area contributed by atoms with Crippen LogP contribution in [0.3, 0.4) is 0 Å². The molecular formula is C19H23N3O6S2. The molecule has 1 amide bonds. The molecule has 0 aliphatic carbocycles. The molecule has 0 atom stereocenters. The van der Waals surface area contributed by atoms with Crippen LogP contribution in [0.1, 0.15) is 6.42 Å². The molecule has 2 aromatic rings. The fourth-order valence-corrected chi connectivity index (χ4v) is 5.31. The van der Waals surface area contributed by atoms with Crippen LogP contribution in [0.4, 0.5) is 5.69 Å². The van der Waals surface area contributed by atoms with Crippen molar-refractivity contribution in [3.05, 3.63) is 54.6 Å². The van der Waals surface area contributed by atoms with Gasteiger partial charge in [0.05, 0.1) is 23.0 Å². The predicted octanol–water partition coefficient (Wildman–Crippen LogP) is 1.01. The fraction of sp³-hybridized carbons (Fsp3) is 0.316. The molecule has 0 radical (unpaired) electrons. The molecule has 1 aliphatic rings. The number of rotatable bonds is 8. The molecule has 1 fully saturated rings. The highest BCUT2D eigenvalue weighted by Crippen LogP contribution is 2.19. The Morgan fingerprint density at radius 3 is 2.17 bits per heavy atom. The first kappa shape index (κ1) is 22.4. The number of anilines is 1. The zero-order chi connectivity index (χ0) is 21.6. The molecular weight excluding hydrogens is 430 g/mol. The van der Waals surface area contributed by atoms with E-state index in [1.54, 1.807) is 18.2 Å². The molecule has 9 nitrogen and oxygen atoms in total. The number of sulfonamides is 2. The van der Waals surface area contributed by atoms with Crippen molar-refractivity contribution in [1.29, 1.82) is 0 Å². The van der Waals surface area contributed by atoms with Gasteiger partial charge in [0.1, 0.15) is 0 Å². The maximum atomic E-state index is 12.6. The molecule has 0 aromatic heterocycles. The van der Waals surface area contributed by atoms with E-state index in [-0.39, 0.29) is 22.8 Å². The maximum absolute atomic E-state index is 12.6. The van der Waals surface area contributed by atoms with Crippen LogP contribution >= 0.6 is 0 Å². The minimum atomic E-state index is -3.67. The van der Waals surface area contributed by atoms with Crippen molar-refractivity contribution in [2.75, 3.05) is 38.2 Å². The van der Waals surface area contributed by atoms with Crippen molar-refractivity contribution < 1.29 is 26.4 Å². The van der Waals surface area contributed by atoms with E-state index in [2.05, 4.69) is 10.0 Å². The zero-order valence-corrected chi connectivity index (χ0v) is 17.8. The lowest BCUT2D eigenvalue weighted by molar-refractivity contribution is -0.116. The molecule has 0 bridgehead atoms. The first-order valence-electron chi connectivity index (χ1n) is 9.31. The number of hydrogen-bond acceptors (Lipinski definition) is 6. The summed E-state index contributed by atoms with van der Waals surface area (Å²) in [6.07, 6.45) is -0.0696. The Morgan fingerprint density at radius 2 is 1.53 bits per heavy atom. The summed E-state index contributed by atoms with van der Waals surface area (Å²) in [5, 5.41) is 2.62. The van der Waals surface area contributed by atoms with E-state index in [9.17, 15) is 21.6 Å². The number of amides is 1. The van der Waals surface area contributed by atoms with Crippen LogP contribution in [-0.2, 0) is 29.6 Å². The fourth-order valence-electron chi connectivity index (χ4n) is 2.85. The van der Waals surface area contributed by atoms with Crippen LogP contribution in [0.25, 0.3) is 0 Å². The molecule has 0 unspecified atom stereocenters. The number of hydrogen-bond donors (Lipinski definition) is 2. The van der Waals surface area contributed by atoms with E-state index in [0.29, 0.717) is 32.0 Å². The third-order valence-corrected chi connectivity index (χ3v) is 7.83. The van der Waals surface area contributed by atoms with E-state index in [1.165, 1.54) is 40.7 Å². The van der Waals surface area contributed by atoms with Crippen LogP contribution in [-0.4, -0.2) is 59.9 Å². The van der Waals surface area contributed by atoms with E-state index in [4.69, 9.17) is 4.74 Å². The van der Waals surface area contributed by atoms with Crippen LogP contribution < -0.4 is 10.0 Å². The molecule has 2 N–H and O–H groups in total. The number of morpholine rings is 1. The molecule has 1 heterocycles. The highest BCUT2D eigenvalue weighted by atomic mass is 32.2. The maximum Gasteiger partial charge on any atom is 0.243 e. The number of carbonyl (C=O) groups excluding carboxylic acids is 1. The summed E-state index contributed by atoms with van der Waals surface area (Å²) in [5.74, 6) is -0.394. The number of benzene rings is 2. The number of carbonyl (C=O) groups is 1. The summed E-state index contributed by atoms with van der Waals surface area (Å²) in [6, 6.07) is 13.7. The lowest BCUT2D eigenvalue weighted by Crippen LogP contribution is -2.40. The molecule has 1 saturated heterocycles. The molecule has 30 heavy (non-hydrogen) atoms. The van der Waals surface area contributed by atoms with E-state index >= 15 is 0 Å². The Kier molecular flexibility index (Phi) is 7.21. The van der Waals surface area contributed by atoms with E-state index < -0.39 is 26.0 Å². The summed E-state index contributed by atoms with van der Waals surface area (Å²) in [4.78, 5) is 12.3. The predicted molar refractivity (Wildman–Crippen MR) is 111 cm³/mol. The van der Waals surface area contributed by atoms with Gasteiger partial charge in [0.2, 0.25) is 26.0 Å². The van der Waals surface area contributed by atoms with Gasteiger partial charge in [-0.2, -0.15) is 4.31 Å². The largest absolute Gasteiger partial charge is 0.379 e. The van der Waals surface area contributed by atoms with Crippen LogP contribution in [0.15, 0.2) is 64.4 Å². The lowest BCUT2D eigenvalue weighted by atomic mass is 10.3. The summed E-state index contributed by atoms with van der Waals surface area (Å²) in [6.45, 7) is 1.27. The third kappa shape index (κ3) is 5.64. The summed E-state index contributed by atoms with van der Waals surface area (Å²) < 4.78 is 58.3. The second-order valence-corrected chi connectivity index (χ2v) is 10.3. The van der Waals surface area contributed by atoms with Crippen molar-refractivity contribution >= 4 is 31.6 Å². The highest BCUT2D eigenvalue weighted by molar-refractivity contribution is 7.89. The number of nitrogens with zero attached hydrogens (tertiary/aromatic N) is 1. The van der Waals surface area contributed by atoms with Gasteiger partial charge in [0.25, 0.3) is 0 Å². The normalized spacial score (nSPS) is 15.6. The smallest absolute Gasteiger partial charge is 0.243 e. The average Bonchev–Trinajstić information content (AvgIpc) is 2.75. The van der Waals surface area contributed by atoms with Gasteiger partial charge >= 0.3 is 0 Å². The van der Waals surface area contributed by atoms with Gasteiger partial charge in [0, 0.05) is 31.7 Å². The van der Waals surface area contributed by atoms with Gasteiger partial charge in [-0.25, -0.2) is 21.6 Å². The standard InChI is InChI=1S/C19H23N3O6S2/c23-19(10-11-20-29(24,25)17-4-2-1-3-5-17)21-16-6-8-18(9-7-16)30(26,27)22-12-14-28-15-13-22/h1-9,20H,10-15H2,(H,21,23). The van der Waals surface area contributed by atoms with E-state index in [1.807, 2.05) is 0 Å². The van der Waals surface area contributed by atoms with Crippen LogP contribution in [0.5, 0.6) is 0 Å². The van der Waals surface area contributed by atoms with Crippen LogP contribution in [0, 0.1) is 0 Å². The molecule has 0 saturated carbocycles. The quantitative estimate of drug-likeness (QED) is 0.615. The third-order valence-electron chi connectivity index (χ3n) is 4.44. The highest BCUT2D eigenvalue weighted by Gasteiger charge is 2.26.